The zero-order valence-electron chi connectivity index (χ0n) is 5.72. The maximum absolute atomic E-state index is 11.6. The predicted molar refractivity (Wildman–Crippen MR) is 41.3 cm³/mol. The van der Waals surface area contributed by atoms with Crippen LogP contribution in [0.1, 0.15) is 4.88 Å². The number of aryl methyl sites for hydroxylation is 1. The molecule has 10 heavy (non-hydrogen) atoms. The van der Waals surface area contributed by atoms with E-state index in [0.717, 1.165) is 10.0 Å². The van der Waals surface area contributed by atoms with Crippen molar-refractivity contribution in [3.63, 3.8) is 0 Å². The molecule has 0 saturated heterocycles. The molecule has 0 aliphatic carbocycles. The number of thiazole rings is 1. The fraction of sp³-hybridized carbons (Fsp3) is 0.500. The molecule has 1 N–H and O–H groups in total. The van der Waals surface area contributed by atoms with Gasteiger partial charge < -0.3 is 5.32 Å². The van der Waals surface area contributed by atoms with Crippen LogP contribution in [-0.4, -0.2) is 18.2 Å². The van der Waals surface area contributed by atoms with E-state index in [4.69, 9.17) is 0 Å². The minimum absolute atomic E-state index is 0.349. The second-order valence-electron chi connectivity index (χ2n) is 1.89. The molecule has 0 amide bonds. The third kappa shape index (κ3) is 1.95. The summed E-state index contributed by atoms with van der Waals surface area (Å²) in [4.78, 5) is 5.13. The molecule has 0 radical (unpaired) electrons. The van der Waals surface area contributed by atoms with Crippen molar-refractivity contribution >= 4 is 16.5 Å². The zero-order chi connectivity index (χ0) is 7.40. The van der Waals surface area contributed by atoms with Crippen LogP contribution >= 0.6 is 11.3 Å². The van der Waals surface area contributed by atoms with Crippen LogP contribution in [0.3, 0.4) is 0 Å². The van der Waals surface area contributed by atoms with Gasteiger partial charge in [0.05, 0.1) is 0 Å². The Balaban J connectivity index is 2.42. The van der Waals surface area contributed by atoms with Gasteiger partial charge in [0.2, 0.25) is 0 Å². The summed E-state index contributed by atoms with van der Waals surface area (Å²) in [7, 11) is 0. The molecule has 0 atom stereocenters. The van der Waals surface area contributed by atoms with Crippen LogP contribution < -0.4 is 5.32 Å². The molecule has 1 aromatic rings. The zero-order valence-corrected chi connectivity index (χ0v) is 6.54. The summed E-state index contributed by atoms with van der Waals surface area (Å²) in [6.45, 7) is 1.98. The maximum atomic E-state index is 11.6. The van der Waals surface area contributed by atoms with Crippen LogP contribution in [0.2, 0.25) is 0 Å². The number of halogens is 1. The Morgan fingerprint density at radius 1 is 1.80 bits per heavy atom. The summed E-state index contributed by atoms with van der Waals surface area (Å²) >= 11 is 1.54. The fourth-order valence-corrected chi connectivity index (χ4v) is 1.28. The Morgan fingerprint density at radius 3 is 3.10 bits per heavy atom. The van der Waals surface area contributed by atoms with E-state index in [1.54, 1.807) is 6.20 Å². The van der Waals surface area contributed by atoms with Crippen LogP contribution in [0.5, 0.6) is 0 Å². The number of alkyl halides is 1. The molecule has 4 heteroatoms. The van der Waals surface area contributed by atoms with Gasteiger partial charge in [0.25, 0.3) is 0 Å². The average molecular weight is 160 g/mol. The van der Waals surface area contributed by atoms with Crippen LogP contribution in [0.15, 0.2) is 6.20 Å². The third-order valence-corrected chi connectivity index (χ3v) is 1.86. The first kappa shape index (κ1) is 7.47. The van der Waals surface area contributed by atoms with Gasteiger partial charge in [-0.2, -0.15) is 0 Å². The van der Waals surface area contributed by atoms with Crippen molar-refractivity contribution in [2.24, 2.45) is 0 Å². The molecule has 1 aromatic heterocycles. The number of hydrogen-bond acceptors (Lipinski definition) is 3. The van der Waals surface area contributed by atoms with Gasteiger partial charge >= 0.3 is 0 Å². The van der Waals surface area contributed by atoms with Crippen LogP contribution in [-0.2, 0) is 0 Å². The van der Waals surface area contributed by atoms with Gasteiger partial charge in [0.15, 0.2) is 5.13 Å². The highest BCUT2D eigenvalue weighted by Gasteiger charge is 1.94. The van der Waals surface area contributed by atoms with Crippen molar-refractivity contribution in [3.8, 4) is 0 Å². The lowest BCUT2D eigenvalue weighted by atomic mass is 10.6. The molecule has 1 heterocycles. The monoisotopic (exact) mass is 160 g/mol. The average Bonchev–Trinajstić information content (AvgIpc) is 2.31. The summed E-state index contributed by atoms with van der Waals surface area (Å²) in [5, 5.41) is 3.65. The van der Waals surface area contributed by atoms with Gasteiger partial charge in [-0.05, 0) is 6.92 Å². The quantitative estimate of drug-likeness (QED) is 0.729. The highest BCUT2D eigenvalue weighted by molar-refractivity contribution is 7.15. The fourth-order valence-electron chi connectivity index (χ4n) is 0.591. The smallest absolute Gasteiger partial charge is 0.182 e. The number of aromatic nitrogens is 1. The van der Waals surface area contributed by atoms with Crippen LogP contribution in [0.25, 0.3) is 0 Å². The summed E-state index contributed by atoms with van der Waals surface area (Å²) in [6, 6.07) is 0. The lowest BCUT2D eigenvalue weighted by molar-refractivity contribution is 0.512. The molecule has 0 spiro atoms. The van der Waals surface area contributed by atoms with Crippen molar-refractivity contribution in [1.29, 1.82) is 0 Å². The third-order valence-electron chi connectivity index (χ3n) is 0.992. The Morgan fingerprint density at radius 2 is 2.60 bits per heavy atom. The second kappa shape index (κ2) is 3.51. The largest absolute Gasteiger partial charge is 0.359 e. The maximum Gasteiger partial charge on any atom is 0.182 e. The van der Waals surface area contributed by atoms with E-state index >= 15 is 0 Å². The van der Waals surface area contributed by atoms with Crippen LogP contribution in [0.4, 0.5) is 9.52 Å². The Bertz CT molecular complexity index is 199. The van der Waals surface area contributed by atoms with Gasteiger partial charge in [0.1, 0.15) is 6.67 Å². The van der Waals surface area contributed by atoms with Crippen molar-refractivity contribution in [2.75, 3.05) is 18.5 Å². The van der Waals surface area contributed by atoms with E-state index in [-0.39, 0.29) is 6.67 Å². The van der Waals surface area contributed by atoms with Crippen molar-refractivity contribution < 1.29 is 4.39 Å². The predicted octanol–water partition coefficient (Wildman–Crippen LogP) is 1.83. The standard InChI is InChI=1S/C6H9FN2S/c1-5-4-9-6(10-5)8-3-2-7/h4H,2-3H2,1H3,(H,8,9). The first-order chi connectivity index (χ1) is 4.83. The number of hydrogen-bond donors (Lipinski definition) is 1. The second-order valence-corrected chi connectivity index (χ2v) is 3.13. The van der Waals surface area contributed by atoms with E-state index in [0.29, 0.717) is 6.54 Å². The molecule has 0 aromatic carbocycles. The van der Waals surface area contributed by atoms with E-state index in [1.165, 1.54) is 11.3 Å². The molecule has 2 nitrogen and oxygen atoms in total. The van der Waals surface area contributed by atoms with Gasteiger partial charge in [-0.25, -0.2) is 9.37 Å². The van der Waals surface area contributed by atoms with Gasteiger partial charge in [0, 0.05) is 17.6 Å². The van der Waals surface area contributed by atoms with Gasteiger partial charge in [-0.15, -0.1) is 11.3 Å². The van der Waals surface area contributed by atoms with Crippen molar-refractivity contribution in [3.05, 3.63) is 11.1 Å². The first-order valence-corrected chi connectivity index (χ1v) is 3.87. The van der Waals surface area contributed by atoms with Crippen LogP contribution in [0, 0.1) is 6.92 Å². The SMILES string of the molecule is Cc1cnc(NCCF)s1. The number of nitrogens with zero attached hydrogens (tertiary/aromatic N) is 1. The first-order valence-electron chi connectivity index (χ1n) is 3.05. The molecule has 0 bridgehead atoms. The lowest BCUT2D eigenvalue weighted by Gasteiger charge is -1.94. The number of rotatable bonds is 3. The molecule has 1 rings (SSSR count). The van der Waals surface area contributed by atoms with Gasteiger partial charge in [-0.1, -0.05) is 0 Å². The normalized spacial score (nSPS) is 9.80. The summed E-state index contributed by atoms with van der Waals surface area (Å²) < 4.78 is 11.6. The molecular formula is C6H9FN2S. The topological polar surface area (TPSA) is 24.9 Å². The summed E-state index contributed by atoms with van der Waals surface area (Å²) in [5.74, 6) is 0. The van der Waals surface area contributed by atoms with E-state index in [9.17, 15) is 4.39 Å². The van der Waals surface area contributed by atoms with Crippen molar-refractivity contribution in [1.82, 2.24) is 4.98 Å². The Labute approximate surface area is 63.1 Å². The molecule has 56 valence electrons. The molecule has 0 unspecified atom stereocenters. The molecule has 0 fully saturated rings. The number of anilines is 1. The number of nitrogens with one attached hydrogen (secondary N) is 1. The summed E-state index contributed by atoms with van der Waals surface area (Å²) in [5.41, 5.74) is 0. The van der Waals surface area contributed by atoms with E-state index in [1.807, 2.05) is 6.92 Å². The van der Waals surface area contributed by atoms with Gasteiger partial charge in [-0.3, -0.25) is 0 Å². The lowest BCUT2D eigenvalue weighted by Crippen LogP contribution is -2.01. The summed E-state index contributed by atoms with van der Waals surface area (Å²) in [6.07, 6.45) is 1.77. The minimum Gasteiger partial charge on any atom is -0.359 e. The molecule has 0 saturated carbocycles. The van der Waals surface area contributed by atoms with E-state index in [2.05, 4.69) is 10.3 Å². The Hall–Kier alpha value is -0.640. The Kier molecular flexibility index (Phi) is 2.62. The van der Waals surface area contributed by atoms with Crippen molar-refractivity contribution in [2.45, 2.75) is 6.92 Å². The molecular weight excluding hydrogens is 151 g/mol. The molecule has 0 aliphatic rings. The molecule has 0 aliphatic heterocycles. The minimum atomic E-state index is -0.349. The highest BCUT2D eigenvalue weighted by Crippen LogP contribution is 2.15. The van der Waals surface area contributed by atoms with E-state index < -0.39 is 0 Å². The highest BCUT2D eigenvalue weighted by atomic mass is 32.1.